The summed E-state index contributed by atoms with van der Waals surface area (Å²) in [6, 6.07) is 4.50. The van der Waals surface area contributed by atoms with Gasteiger partial charge in [-0.2, -0.15) is 0 Å². The second-order valence-corrected chi connectivity index (χ2v) is 6.08. The molecule has 4 heteroatoms. The van der Waals surface area contributed by atoms with Gasteiger partial charge in [0.1, 0.15) is 0 Å². The second-order valence-electron chi connectivity index (χ2n) is 5.10. The van der Waals surface area contributed by atoms with E-state index in [2.05, 4.69) is 23.7 Å². The summed E-state index contributed by atoms with van der Waals surface area (Å²) >= 11 is 1.70. The van der Waals surface area contributed by atoms with Gasteiger partial charge in [0.2, 0.25) is 5.91 Å². The quantitative estimate of drug-likeness (QED) is 0.861. The Morgan fingerprint density at radius 3 is 3.00 bits per heavy atom. The van der Waals surface area contributed by atoms with Gasteiger partial charge in [0.05, 0.1) is 6.04 Å². The molecule has 1 fully saturated rings. The summed E-state index contributed by atoms with van der Waals surface area (Å²) in [5.74, 6) is 0.531. The van der Waals surface area contributed by atoms with E-state index in [-0.39, 0.29) is 18.0 Å². The van der Waals surface area contributed by atoms with E-state index in [0.29, 0.717) is 12.3 Å². The van der Waals surface area contributed by atoms with Crippen molar-refractivity contribution in [2.75, 3.05) is 0 Å². The number of carbonyl (C=O) groups is 1. The van der Waals surface area contributed by atoms with Crippen LogP contribution in [0, 0.1) is 5.92 Å². The number of thiophene rings is 1. The van der Waals surface area contributed by atoms with Crippen LogP contribution in [0.1, 0.15) is 49.9 Å². The molecule has 3 N–H and O–H groups in total. The van der Waals surface area contributed by atoms with E-state index in [9.17, 15) is 4.79 Å². The molecule has 0 aromatic carbocycles. The van der Waals surface area contributed by atoms with E-state index in [4.69, 9.17) is 5.73 Å². The molecule has 1 saturated carbocycles. The van der Waals surface area contributed by atoms with E-state index in [1.54, 1.807) is 11.3 Å². The van der Waals surface area contributed by atoms with Crippen molar-refractivity contribution in [3.05, 3.63) is 22.4 Å². The zero-order chi connectivity index (χ0) is 13.0. The largest absolute Gasteiger partial charge is 0.348 e. The van der Waals surface area contributed by atoms with Crippen LogP contribution in [0.5, 0.6) is 0 Å². The molecule has 0 radical (unpaired) electrons. The number of hydrogen-bond acceptors (Lipinski definition) is 3. The van der Waals surface area contributed by atoms with Crippen molar-refractivity contribution in [3.8, 4) is 0 Å². The van der Waals surface area contributed by atoms with Gasteiger partial charge in [-0.05, 0) is 36.6 Å². The average molecular weight is 266 g/mol. The Morgan fingerprint density at radius 1 is 1.61 bits per heavy atom. The Kier molecular flexibility index (Phi) is 4.78. The fraction of sp³-hybridized carbons (Fsp3) is 0.643. The molecule has 1 aliphatic rings. The number of nitrogens with one attached hydrogen (secondary N) is 1. The summed E-state index contributed by atoms with van der Waals surface area (Å²) in [4.78, 5) is 13.3. The lowest BCUT2D eigenvalue weighted by Gasteiger charge is -2.19. The van der Waals surface area contributed by atoms with Crippen molar-refractivity contribution < 1.29 is 4.79 Å². The molecule has 0 saturated heterocycles. The summed E-state index contributed by atoms with van der Waals surface area (Å²) in [6.45, 7) is 2.10. The first-order valence-corrected chi connectivity index (χ1v) is 7.67. The fourth-order valence-electron chi connectivity index (χ4n) is 2.67. The predicted octanol–water partition coefficient (Wildman–Crippen LogP) is 2.83. The minimum absolute atomic E-state index is 0.151. The number of carbonyl (C=O) groups excluding carboxylic acids is 1. The minimum Gasteiger partial charge on any atom is -0.348 e. The molecule has 2 rings (SSSR count). The molecular formula is C14H22N2OS. The normalized spacial score (nSPS) is 25.0. The van der Waals surface area contributed by atoms with E-state index in [1.807, 2.05) is 6.07 Å². The van der Waals surface area contributed by atoms with Crippen LogP contribution in [-0.2, 0) is 4.79 Å². The van der Waals surface area contributed by atoms with Gasteiger partial charge in [-0.25, -0.2) is 0 Å². The molecule has 1 amide bonds. The molecule has 18 heavy (non-hydrogen) atoms. The highest BCUT2D eigenvalue weighted by molar-refractivity contribution is 7.10. The molecule has 0 bridgehead atoms. The number of hydrogen-bond donors (Lipinski definition) is 2. The van der Waals surface area contributed by atoms with Crippen molar-refractivity contribution in [1.29, 1.82) is 0 Å². The van der Waals surface area contributed by atoms with Crippen molar-refractivity contribution in [3.63, 3.8) is 0 Å². The predicted molar refractivity (Wildman–Crippen MR) is 75.4 cm³/mol. The van der Waals surface area contributed by atoms with Crippen molar-refractivity contribution in [2.45, 2.75) is 51.1 Å². The van der Waals surface area contributed by atoms with Gasteiger partial charge in [0.15, 0.2) is 0 Å². The van der Waals surface area contributed by atoms with Crippen LogP contribution in [0.15, 0.2) is 17.5 Å². The summed E-state index contributed by atoms with van der Waals surface area (Å²) in [5, 5.41) is 5.19. The van der Waals surface area contributed by atoms with Crippen LogP contribution < -0.4 is 11.1 Å². The zero-order valence-electron chi connectivity index (χ0n) is 10.9. The summed E-state index contributed by atoms with van der Waals surface area (Å²) in [7, 11) is 0. The molecule has 3 nitrogen and oxygen atoms in total. The van der Waals surface area contributed by atoms with Gasteiger partial charge < -0.3 is 11.1 Å². The third-order valence-electron chi connectivity index (χ3n) is 3.80. The molecule has 3 atom stereocenters. The van der Waals surface area contributed by atoms with Crippen LogP contribution in [0.4, 0.5) is 0 Å². The van der Waals surface area contributed by atoms with E-state index in [0.717, 1.165) is 19.3 Å². The van der Waals surface area contributed by atoms with Gasteiger partial charge in [-0.1, -0.05) is 19.4 Å². The Balaban J connectivity index is 1.86. The standard InChI is InChI=1S/C14H22N2OS/c1-2-12(13-7-4-8-18-13)16-14(17)9-10-5-3-6-11(10)15/h4,7-8,10-12H,2-3,5-6,9,15H2,1H3,(H,16,17)/t10-,11+,12?/m0/s1. The third-order valence-corrected chi connectivity index (χ3v) is 4.78. The van der Waals surface area contributed by atoms with Crippen LogP contribution in [0.2, 0.25) is 0 Å². The number of nitrogens with two attached hydrogens (primary N) is 1. The molecule has 100 valence electrons. The van der Waals surface area contributed by atoms with Crippen molar-refractivity contribution in [1.82, 2.24) is 5.32 Å². The Labute approximate surface area is 113 Å². The minimum atomic E-state index is 0.151. The van der Waals surface area contributed by atoms with E-state index in [1.165, 1.54) is 11.3 Å². The fourth-order valence-corrected chi connectivity index (χ4v) is 3.54. The molecule has 0 aliphatic heterocycles. The maximum atomic E-state index is 12.0. The monoisotopic (exact) mass is 266 g/mol. The van der Waals surface area contributed by atoms with Gasteiger partial charge in [0, 0.05) is 17.3 Å². The highest BCUT2D eigenvalue weighted by Crippen LogP contribution is 2.27. The van der Waals surface area contributed by atoms with Gasteiger partial charge in [-0.15, -0.1) is 11.3 Å². The lowest BCUT2D eigenvalue weighted by Crippen LogP contribution is -2.33. The van der Waals surface area contributed by atoms with Gasteiger partial charge >= 0.3 is 0 Å². The van der Waals surface area contributed by atoms with Gasteiger partial charge in [0.25, 0.3) is 0 Å². The first-order chi connectivity index (χ1) is 8.70. The molecule has 1 aromatic rings. The van der Waals surface area contributed by atoms with Gasteiger partial charge in [-0.3, -0.25) is 4.79 Å². The topological polar surface area (TPSA) is 55.1 Å². The molecule has 1 aliphatic carbocycles. The first-order valence-electron chi connectivity index (χ1n) is 6.79. The van der Waals surface area contributed by atoms with Crippen LogP contribution in [0.3, 0.4) is 0 Å². The van der Waals surface area contributed by atoms with Crippen molar-refractivity contribution >= 4 is 17.2 Å². The maximum absolute atomic E-state index is 12.0. The summed E-state index contributed by atoms with van der Waals surface area (Å²) < 4.78 is 0. The second kappa shape index (κ2) is 6.34. The number of rotatable bonds is 5. The van der Waals surface area contributed by atoms with Crippen LogP contribution in [-0.4, -0.2) is 11.9 Å². The lowest BCUT2D eigenvalue weighted by atomic mass is 9.99. The molecule has 1 unspecified atom stereocenters. The molecular weight excluding hydrogens is 244 g/mol. The zero-order valence-corrected chi connectivity index (χ0v) is 11.7. The molecule has 0 spiro atoms. The smallest absolute Gasteiger partial charge is 0.220 e. The highest BCUT2D eigenvalue weighted by atomic mass is 32.1. The number of amides is 1. The Bertz CT molecular complexity index is 377. The van der Waals surface area contributed by atoms with E-state index < -0.39 is 0 Å². The molecule has 1 aromatic heterocycles. The van der Waals surface area contributed by atoms with Crippen LogP contribution in [0.25, 0.3) is 0 Å². The van der Waals surface area contributed by atoms with E-state index >= 15 is 0 Å². The SMILES string of the molecule is CCC(NC(=O)C[C@@H]1CCC[C@H]1N)c1cccs1. The van der Waals surface area contributed by atoms with Crippen LogP contribution >= 0.6 is 11.3 Å². The highest BCUT2D eigenvalue weighted by Gasteiger charge is 2.26. The Morgan fingerprint density at radius 2 is 2.44 bits per heavy atom. The third kappa shape index (κ3) is 3.33. The first kappa shape index (κ1) is 13.6. The summed E-state index contributed by atoms with van der Waals surface area (Å²) in [5.41, 5.74) is 6.01. The maximum Gasteiger partial charge on any atom is 0.220 e. The average Bonchev–Trinajstić information content (AvgIpc) is 2.99. The van der Waals surface area contributed by atoms with Crippen molar-refractivity contribution in [2.24, 2.45) is 11.7 Å². The Hall–Kier alpha value is -0.870. The molecule has 1 heterocycles. The summed E-state index contributed by atoms with van der Waals surface area (Å²) in [6.07, 6.45) is 4.86. The lowest BCUT2D eigenvalue weighted by molar-refractivity contribution is -0.122.